The van der Waals surface area contributed by atoms with Gasteiger partial charge in [-0.25, -0.2) is 10.0 Å². The van der Waals surface area contributed by atoms with Crippen LogP contribution in [0.4, 0.5) is 0 Å². The molecule has 2 heterocycles. The lowest BCUT2D eigenvalue weighted by Gasteiger charge is -2.24. The monoisotopic (exact) mass is 195 g/mol. The van der Waals surface area contributed by atoms with Gasteiger partial charge < -0.3 is 0 Å². The quantitative estimate of drug-likeness (QED) is 0.430. The van der Waals surface area contributed by atoms with Gasteiger partial charge in [0.25, 0.3) is 0 Å². The van der Waals surface area contributed by atoms with Crippen LogP contribution in [0.15, 0.2) is 34.0 Å². The summed E-state index contributed by atoms with van der Waals surface area (Å²) in [6, 6.07) is 0. The Morgan fingerprint density at radius 3 is 3.00 bits per heavy atom. The van der Waals surface area contributed by atoms with Crippen LogP contribution in [0.3, 0.4) is 0 Å². The Balaban J connectivity index is 2.37. The van der Waals surface area contributed by atoms with Crippen molar-refractivity contribution in [2.45, 2.75) is 19.3 Å². The topological polar surface area (TPSA) is 28.0 Å². The number of aliphatic imine (C=N–C) groups is 1. The summed E-state index contributed by atoms with van der Waals surface area (Å²) in [4.78, 5) is 4.23. The van der Waals surface area contributed by atoms with Crippen LogP contribution in [0.1, 0.15) is 13.8 Å². The first-order chi connectivity index (χ1) is 6.16. The molecule has 0 bridgehead atoms. The number of alkyl halides is 1. The number of fused-ring (bicyclic) bond motifs is 1. The Bertz CT molecular complexity index is 352. The van der Waals surface area contributed by atoms with Crippen LogP contribution in [-0.4, -0.2) is 22.1 Å². The molecule has 2 aliphatic rings. The van der Waals surface area contributed by atoms with E-state index >= 15 is 0 Å². The van der Waals surface area contributed by atoms with E-state index in [4.69, 9.17) is 11.6 Å². The summed E-state index contributed by atoms with van der Waals surface area (Å²) in [5, 5.41) is 6.06. The van der Waals surface area contributed by atoms with Gasteiger partial charge in [0.15, 0.2) is 5.84 Å². The zero-order chi connectivity index (χ0) is 9.42. The molecule has 0 aromatic carbocycles. The van der Waals surface area contributed by atoms with Crippen LogP contribution in [0, 0.1) is 0 Å². The van der Waals surface area contributed by atoms with Crippen LogP contribution in [0.25, 0.3) is 0 Å². The van der Waals surface area contributed by atoms with Gasteiger partial charge in [-0.2, -0.15) is 5.10 Å². The Hall–Kier alpha value is -1.09. The lowest BCUT2D eigenvalue weighted by Crippen LogP contribution is -2.28. The largest absolute Gasteiger partial charge is 0.243 e. The number of halogens is 1. The van der Waals surface area contributed by atoms with Crippen molar-refractivity contribution in [2.24, 2.45) is 10.1 Å². The van der Waals surface area contributed by atoms with Crippen molar-refractivity contribution in [3.05, 3.63) is 23.9 Å². The maximum atomic E-state index is 5.84. The molecule has 0 radical (unpaired) electrons. The van der Waals surface area contributed by atoms with Gasteiger partial charge in [-0.3, -0.25) is 0 Å². The van der Waals surface area contributed by atoms with Gasteiger partial charge in [0.1, 0.15) is 5.50 Å². The zero-order valence-electron chi connectivity index (χ0n) is 7.53. The molecule has 0 N–H and O–H groups in total. The van der Waals surface area contributed by atoms with Crippen LogP contribution < -0.4 is 0 Å². The highest BCUT2D eigenvalue weighted by Gasteiger charge is 2.17. The Kier molecular flexibility index (Phi) is 1.96. The Labute approximate surface area is 82.1 Å². The molecule has 2 rings (SSSR count). The molecule has 0 aliphatic carbocycles. The fourth-order valence-corrected chi connectivity index (χ4v) is 1.35. The number of hydrazone groups is 1. The molecule has 4 heteroatoms. The zero-order valence-corrected chi connectivity index (χ0v) is 8.28. The minimum absolute atomic E-state index is 0.260. The van der Waals surface area contributed by atoms with Crippen LogP contribution >= 0.6 is 11.6 Å². The first-order valence-corrected chi connectivity index (χ1v) is 4.54. The average molecular weight is 196 g/mol. The average Bonchev–Trinajstić information content (AvgIpc) is 2.08. The van der Waals surface area contributed by atoms with Crippen LogP contribution in [0.2, 0.25) is 0 Å². The third kappa shape index (κ3) is 1.52. The first-order valence-electron chi connectivity index (χ1n) is 4.10. The first kappa shape index (κ1) is 8.51. The second kappa shape index (κ2) is 3.00. The summed E-state index contributed by atoms with van der Waals surface area (Å²) < 4.78 is 0. The maximum absolute atomic E-state index is 5.84. The second-order valence-electron chi connectivity index (χ2n) is 3.06. The third-order valence-electron chi connectivity index (χ3n) is 2.05. The number of nitrogens with zero attached hydrogens (tertiary/aromatic N) is 3. The molecule has 0 aromatic heterocycles. The van der Waals surface area contributed by atoms with Gasteiger partial charge >= 0.3 is 0 Å². The van der Waals surface area contributed by atoms with Gasteiger partial charge in [0.05, 0.1) is 5.71 Å². The summed E-state index contributed by atoms with van der Waals surface area (Å²) in [6.07, 6.45) is 5.63. The lowest BCUT2D eigenvalue weighted by molar-refractivity contribution is 0.583. The minimum atomic E-state index is -0.260. The highest BCUT2D eigenvalue weighted by molar-refractivity contribution is 6.23. The van der Waals surface area contributed by atoms with Gasteiger partial charge in [-0.15, -0.1) is 0 Å². The number of hydrogen-bond donors (Lipinski definition) is 0. The molecule has 0 amide bonds. The summed E-state index contributed by atoms with van der Waals surface area (Å²) >= 11 is 5.84. The van der Waals surface area contributed by atoms with Crippen molar-refractivity contribution in [1.29, 1.82) is 0 Å². The van der Waals surface area contributed by atoms with E-state index in [1.807, 2.05) is 26.1 Å². The predicted octanol–water partition coefficient (Wildman–Crippen LogP) is 2.11. The molecule has 0 saturated heterocycles. The number of hydrogen-bond acceptors (Lipinski definition) is 3. The SMILES string of the molecule is CC1=CC2=N[C@@H](Cl)C=CN2N=C1C. The second-order valence-corrected chi connectivity index (χ2v) is 3.51. The van der Waals surface area contributed by atoms with E-state index in [0.29, 0.717) is 0 Å². The molecule has 0 unspecified atom stereocenters. The number of allylic oxidation sites excluding steroid dienone is 1. The van der Waals surface area contributed by atoms with Gasteiger partial charge in [0, 0.05) is 6.20 Å². The molecule has 1 atom stereocenters. The van der Waals surface area contributed by atoms with Gasteiger partial charge in [-0.1, -0.05) is 11.6 Å². The normalized spacial score (nSPS) is 26.2. The molecule has 68 valence electrons. The van der Waals surface area contributed by atoms with Crippen LogP contribution in [0.5, 0.6) is 0 Å². The molecule has 0 fully saturated rings. The fourth-order valence-electron chi connectivity index (χ4n) is 1.18. The molecule has 0 spiro atoms. The number of amidine groups is 1. The van der Waals surface area contributed by atoms with E-state index < -0.39 is 0 Å². The molecule has 0 aromatic rings. The summed E-state index contributed by atoms with van der Waals surface area (Å²) in [7, 11) is 0. The van der Waals surface area contributed by atoms with Crippen molar-refractivity contribution >= 4 is 23.1 Å². The maximum Gasteiger partial charge on any atom is 0.150 e. The van der Waals surface area contributed by atoms with Crippen molar-refractivity contribution in [2.75, 3.05) is 0 Å². The molecule has 2 aliphatic heterocycles. The predicted molar refractivity (Wildman–Crippen MR) is 54.9 cm³/mol. The highest BCUT2D eigenvalue weighted by atomic mass is 35.5. The minimum Gasteiger partial charge on any atom is -0.243 e. The standard InChI is InChI=1S/C9H10ClN3/c1-6-5-9-11-8(10)3-4-13(9)12-7(6)2/h3-5,8H,1-2H3/t8-/m1/s1. The number of rotatable bonds is 0. The van der Waals surface area contributed by atoms with Gasteiger partial charge in [0.2, 0.25) is 0 Å². The summed E-state index contributed by atoms with van der Waals surface area (Å²) in [5.74, 6) is 0.811. The molecule has 3 nitrogen and oxygen atoms in total. The van der Waals surface area contributed by atoms with E-state index in [2.05, 4.69) is 10.1 Å². The van der Waals surface area contributed by atoms with E-state index in [0.717, 1.165) is 17.1 Å². The van der Waals surface area contributed by atoms with Crippen molar-refractivity contribution in [3.63, 3.8) is 0 Å². The molecular weight excluding hydrogens is 186 g/mol. The van der Waals surface area contributed by atoms with E-state index in [9.17, 15) is 0 Å². The van der Waals surface area contributed by atoms with Crippen LogP contribution in [-0.2, 0) is 0 Å². The van der Waals surface area contributed by atoms with Crippen molar-refractivity contribution in [3.8, 4) is 0 Å². The molecule has 0 saturated carbocycles. The molecular formula is C9H10ClN3. The highest BCUT2D eigenvalue weighted by Crippen LogP contribution is 2.17. The Morgan fingerprint density at radius 1 is 1.46 bits per heavy atom. The fraction of sp³-hybridized carbons (Fsp3) is 0.333. The third-order valence-corrected chi connectivity index (χ3v) is 2.29. The van der Waals surface area contributed by atoms with E-state index in [-0.39, 0.29) is 5.50 Å². The lowest BCUT2D eigenvalue weighted by atomic mass is 10.1. The Morgan fingerprint density at radius 2 is 2.23 bits per heavy atom. The van der Waals surface area contributed by atoms with E-state index in [1.54, 1.807) is 11.1 Å². The summed E-state index contributed by atoms with van der Waals surface area (Å²) in [5.41, 5.74) is 1.88. The van der Waals surface area contributed by atoms with Crippen molar-refractivity contribution in [1.82, 2.24) is 5.01 Å². The van der Waals surface area contributed by atoms with E-state index in [1.165, 1.54) is 0 Å². The van der Waals surface area contributed by atoms with Crippen molar-refractivity contribution < 1.29 is 0 Å². The van der Waals surface area contributed by atoms with Gasteiger partial charge in [-0.05, 0) is 31.6 Å². The smallest absolute Gasteiger partial charge is 0.150 e. The molecule has 13 heavy (non-hydrogen) atoms. The summed E-state index contributed by atoms with van der Waals surface area (Å²) in [6.45, 7) is 3.99.